The molecule has 0 aliphatic carbocycles. The van der Waals surface area contributed by atoms with E-state index >= 15 is 0 Å². The van der Waals surface area contributed by atoms with Crippen LogP contribution in [0.3, 0.4) is 0 Å². The Hall–Kier alpha value is -1.36. The van der Waals surface area contributed by atoms with Crippen LogP contribution in [0.4, 0.5) is 5.69 Å². The molecule has 0 fully saturated rings. The summed E-state index contributed by atoms with van der Waals surface area (Å²) in [5.41, 5.74) is 2.31. The van der Waals surface area contributed by atoms with E-state index in [9.17, 15) is 4.79 Å². The van der Waals surface area contributed by atoms with Crippen molar-refractivity contribution in [3.05, 3.63) is 63.6 Å². The summed E-state index contributed by atoms with van der Waals surface area (Å²) in [6, 6.07) is 12.5. The van der Waals surface area contributed by atoms with Crippen LogP contribution in [-0.4, -0.2) is 12.2 Å². The molecule has 0 atom stereocenters. The predicted molar refractivity (Wildman–Crippen MR) is 91.2 cm³/mol. The maximum Gasteiger partial charge on any atom is 0.251 e. The van der Waals surface area contributed by atoms with E-state index in [-0.39, 0.29) is 5.91 Å². The second-order valence-corrected chi connectivity index (χ2v) is 5.76. The molecule has 3 nitrogen and oxygen atoms in total. The van der Waals surface area contributed by atoms with Gasteiger partial charge in [-0.25, -0.2) is 0 Å². The Morgan fingerprint density at radius 1 is 1.19 bits per heavy atom. The Morgan fingerprint density at radius 3 is 2.71 bits per heavy atom. The zero-order valence-electron chi connectivity index (χ0n) is 11.3. The SMILES string of the molecule is CSNc1cccc(C(=O)NCc2ccc(Cl)cc2Cl)c1. The fourth-order valence-electron chi connectivity index (χ4n) is 1.78. The first-order chi connectivity index (χ1) is 10.1. The van der Waals surface area contributed by atoms with Crippen molar-refractivity contribution in [2.45, 2.75) is 6.54 Å². The number of hydrogen-bond acceptors (Lipinski definition) is 3. The molecule has 0 spiro atoms. The molecule has 0 unspecified atom stereocenters. The molecule has 110 valence electrons. The first kappa shape index (κ1) is 16.0. The van der Waals surface area contributed by atoms with Gasteiger partial charge < -0.3 is 10.0 Å². The minimum absolute atomic E-state index is 0.147. The summed E-state index contributed by atoms with van der Waals surface area (Å²) < 4.78 is 3.09. The molecule has 0 aliphatic heterocycles. The van der Waals surface area contributed by atoms with Crippen LogP contribution in [0.1, 0.15) is 15.9 Å². The molecule has 21 heavy (non-hydrogen) atoms. The van der Waals surface area contributed by atoms with Gasteiger partial charge in [0.25, 0.3) is 5.91 Å². The highest BCUT2D eigenvalue weighted by atomic mass is 35.5. The molecule has 2 aromatic carbocycles. The third-order valence-electron chi connectivity index (χ3n) is 2.80. The van der Waals surface area contributed by atoms with E-state index in [1.807, 2.05) is 18.4 Å². The van der Waals surface area contributed by atoms with Crippen LogP contribution in [-0.2, 0) is 6.54 Å². The first-order valence-corrected chi connectivity index (χ1v) is 8.19. The highest BCUT2D eigenvalue weighted by Gasteiger charge is 2.07. The summed E-state index contributed by atoms with van der Waals surface area (Å²) in [5.74, 6) is -0.147. The summed E-state index contributed by atoms with van der Waals surface area (Å²) in [7, 11) is 0. The van der Waals surface area contributed by atoms with Crippen LogP contribution in [0.25, 0.3) is 0 Å². The highest BCUT2D eigenvalue weighted by molar-refractivity contribution is 7.99. The quantitative estimate of drug-likeness (QED) is 0.780. The zero-order valence-corrected chi connectivity index (χ0v) is 13.6. The molecule has 0 saturated carbocycles. The smallest absolute Gasteiger partial charge is 0.251 e. The molecule has 2 N–H and O–H groups in total. The third-order valence-corrected chi connectivity index (χ3v) is 3.83. The van der Waals surface area contributed by atoms with Crippen molar-refractivity contribution in [1.82, 2.24) is 5.32 Å². The molecule has 0 aromatic heterocycles. The maximum atomic E-state index is 12.1. The van der Waals surface area contributed by atoms with Crippen molar-refractivity contribution in [1.29, 1.82) is 0 Å². The van der Waals surface area contributed by atoms with Crippen LogP contribution < -0.4 is 10.0 Å². The molecular weight excluding hydrogens is 327 g/mol. The van der Waals surface area contributed by atoms with Crippen molar-refractivity contribution in [2.24, 2.45) is 0 Å². The topological polar surface area (TPSA) is 41.1 Å². The van der Waals surface area contributed by atoms with E-state index < -0.39 is 0 Å². The molecule has 0 heterocycles. The monoisotopic (exact) mass is 340 g/mol. The van der Waals surface area contributed by atoms with Crippen LogP contribution >= 0.6 is 35.1 Å². The first-order valence-electron chi connectivity index (χ1n) is 6.21. The lowest BCUT2D eigenvalue weighted by Crippen LogP contribution is -2.22. The standard InChI is InChI=1S/C15H14Cl2N2OS/c1-21-19-13-4-2-3-10(7-13)15(20)18-9-11-5-6-12(16)8-14(11)17/h2-8,19H,9H2,1H3,(H,18,20). The van der Waals surface area contributed by atoms with Crippen LogP contribution in [0.15, 0.2) is 42.5 Å². The number of hydrogen-bond donors (Lipinski definition) is 2. The minimum Gasteiger partial charge on any atom is -0.348 e. The van der Waals surface area contributed by atoms with E-state index in [4.69, 9.17) is 23.2 Å². The Bertz CT molecular complexity index is 649. The minimum atomic E-state index is -0.147. The Labute approximate surface area is 138 Å². The summed E-state index contributed by atoms with van der Waals surface area (Å²) in [4.78, 5) is 12.1. The van der Waals surface area contributed by atoms with Gasteiger partial charge in [0, 0.05) is 34.1 Å². The molecule has 0 radical (unpaired) electrons. The molecule has 2 rings (SSSR count). The van der Waals surface area contributed by atoms with Crippen LogP contribution in [0, 0.1) is 0 Å². The van der Waals surface area contributed by atoms with Gasteiger partial charge in [-0.3, -0.25) is 4.79 Å². The second kappa shape index (κ2) is 7.59. The van der Waals surface area contributed by atoms with E-state index in [1.54, 1.807) is 30.3 Å². The fraction of sp³-hybridized carbons (Fsp3) is 0.133. The summed E-state index contributed by atoms with van der Waals surface area (Å²) in [6.07, 6.45) is 1.93. The normalized spacial score (nSPS) is 10.2. The van der Waals surface area contributed by atoms with Crippen molar-refractivity contribution >= 4 is 46.7 Å². The summed E-state index contributed by atoms with van der Waals surface area (Å²) in [5, 5.41) is 3.96. The van der Waals surface area contributed by atoms with E-state index in [2.05, 4.69) is 10.0 Å². The molecule has 0 saturated heterocycles. The Balaban J connectivity index is 2.02. The van der Waals surface area contributed by atoms with Crippen molar-refractivity contribution in [3.8, 4) is 0 Å². The lowest BCUT2D eigenvalue weighted by Gasteiger charge is -2.09. The number of halogens is 2. The van der Waals surface area contributed by atoms with Crippen LogP contribution in [0.5, 0.6) is 0 Å². The maximum absolute atomic E-state index is 12.1. The number of rotatable bonds is 5. The number of benzene rings is 2. The lowest BCUT2D eigenvalue weighted by molar-refractivity contribution is 0.0951. The van der Waals surface area contributed by atoms with Gasteiger partial charge in [-0.1, -0.05) is 47.3 Å². The third kappa shape index (κ3) is 4.56. The van der Waals surface area contributed by atoms with Crippen LogP contribution in [0.2, 0.25) is 10.0 Å². The Morgan fingerprint density at radius 2 is 2.00 bits per heavy atom. The number of carbonyl (C=O) groups is 1. The van der Waals surface area contributed by atoms with Gasteiger partial charge >= 0.3 is 0 Å². The second-order valence-electron chi connectivity index (χ2n) is 4.31. The fourth-order valence-corrected chi connectivity index (χ4v) is 2.62. The summed E-state index contributed by atoms with van der Waals surface area (Å²) >= 11 is 13.4. The van der Waals surface area contributed by atoms with Gasteiger partial charge in [0.2, 0.25) is 0 Å². The van der Waals surface area contributed by atoms with Gasteiger partial charge in [-0.15, -0.1) is 0 Å². The number of anilines is 1. The van der Waals surface area contributed by atoms with Gasteiger partial charge in [0.1, 0.15) is 0 Å². The van der Waals surface area contributed by atoms with E-state index in [0.29, 0.717) is 22.2 Å². The number of amides is 1. The molecule has 2 aromatic rings. The molecule has 1 amide bonds. The van der Waals surface area contributed by atoms with Gasteiger partial charge in [0.15, 0.2) is 0 Å². The van der Waals surface area contributed by atoms with Crippen molar-refractivity contribution < 1.29 is 4.79 Å². The molecule has 0 bridgehead atoms. The zero-order chi connectivity index (χ0) is 15.2. The molecular formula is C15H14Cl2N2OS. The predicted octanol–water partition coefficient (Wildman–Crippen LogP) is 4.61. The molecule has 6 heteroatoms. The lowest BCUT2D eigenvalue weighted by atomic mass is 10.1. The number of nitrogens with one attached hydrogen (secondary N) is 2. The number of carbonyl (C=O) groups excluding carboxylic acids is 1. The van der Waals surface area contributed by atoms with Gasteiger partial charge in [-0.05, 0) is 35.9 Å². The average molecular weight is 341 g/mol. The van der Waals surface area contributed by atoms with E-state index in [1.165, 1.54) is 11.9 Å². The van der Waals surface area contributed by atoms with Crippen molar-refractivity contribution in [2.75, 3.05) is 11.0 Å². The van der Waals surface area contributed by atoms with E-state index in [0.717, 1.165) is 11.3 Å². The highest BCUT2D eigenvalue weighted by Crippen LogP contribution is 2.21. The average Bonchev–Trinajstić information content (AvgIpc) is 2.47. The van der Waals surface area contributed by atoms with Gasteiger partial charge in [0.05, 0.1) is 0 Å². The summed E-state index contributed by atoms with van der Waals surface area (Å²) in [6.45, 7) is 0.356. The molecule has 0 aliphatic rings. The Kier molecular flexibility index (Phi) is 5.79. The van der Waals surface area contributed by atoms with Crippen molar-refractivity contribution in [3.63, 3.8) is 0 Å². The van der Waals surface area contributed by atoms with Gasteiger partial charge in [-0.2, -0.15) is 0 Å². The largest absolute Gasteiger partial charge is 0.348 e.